The Kier molecular flexibility index (Phi) is 60.9. The Morgan fingerprint density at radius 1 is 0.375 bits per heavy atom. The third-order valence-electron chi connectivity index (χ3n) is 15.6. The van der Waals surface area contributed by atoms with Gasteiger partial charge >= 0.3 is 5.97 Å². The minimum Gasteiger partial charge on any atom is -0.466 e. The molecule has 1 amide bonds. The summed E-state index contributed by atoms with van der Waals surface area (Å²) >= 11 is 0. The number of unbranched alkanes of at least 4 members (excludes halogenated alkanes) is 49. The molecule has 0 aromatic heterocycles. The van der Waals surface area contributed by atoms with E-state index in [0.717, 1.165) is 44.9 Å². The van der Waals surface area contributed by atoms with E-state index in [2.05, 4.69) is 31.3 Å². The molecule has 3 N–H and O–H groups in total. The molecule has 0 aliphatic rings. The standard InChI is InChI=1S/C66H129NO5/c1-3-5-7-9-11-13-15-17-32-35-38-42-46-50-54-58-64(69)63(62-68)67-65(70)59-55-51-47-43-39-36-33-30-28-26-24-22-20-18-19-21-23-25-27-29-31-34-37-41-45-49-53-57-61-72-66(71)60-56-52-48-44-40-16-14-12-10-8-6-4-2/h12,14,63-64,68-69H,3-11,13,15-62H2,1-2H3,(H,67,70)/b14-12-. The van der Waals surface area contributed by atoms with Crippen molar-refractivity contribution >= 4 is 11.9 Å². The van der Waals surface area contributed by atoms with Crippen LogP contribution >= 0.6 is 0 Å². The van der Waals surface area contributed by atoms with Gasteiger partial charge in [-0.1, -0.05) is 321 Å². The lowest BCUT2D eigenvalue weighted by Gasteiger charge is -2.22. The van der Waals surface area contributed by atoms with Crippen molar-refractivity contribution < 1.29 is 24.5 Å². The van der Waals surface area contributed by atoms with Gasteiger partial charge in [-0.3, -0.25) is 9.59 Å². The summed E-state index contributed by atoms with van der Waals surface area (Å²) in [5, 5.41) is 23.3. The Morgan fingerprint density at radius 3 is 1.01 bits per heavy atom. The number of nitrogens with one attached hydrogen (secondary N) is 1. The summed E-state index contributed by atoms with van der Waals surface area (Å²) in [6, 6.07) is -0.538. The first-order valence-corrected chi connectivity index (χ1v) is 32.9. The number of carbonyl (C=O) groups excluding carboxylic acids is 2. The highest BCUT2D eigenvalue weighted by atomic mass is 16.5. The summed E-state index contributed by atoms with van der Waals surface area (Å²) < 4.78 is 5.47. The molecule has 428 valence electrons. The van der Waals surface area contributed by atoms with E-state index in [-0.39, 0.29) is 18.5 Å². The first-order valence-electron chi connectivity index (χ1n) is 32.9. The number of ether oxygens (including phenoxy) is 1. The van der Waals surface area contributed by atoms with Crippen molar-refractivity contribution in [3.05, 3.63) is 12.2 Å². The summed E-state index contributed by atoms with van der Waals surface area (Å²) in [6.45, 7) is 4.96. The summed E-state index contributed by atoms with van der Waals surface area (Å²) in [6.07, 6.45) is 75.3. The average Bonchev–Trinajstić information content (AvgIpc) is 3.38. The van der Waals surface area contributed by atoms with Crippen LogP contribution in [0.1, 0.15) is 373 Å². The summed E-state index contributed by atoms with van der Waals surface area (Å²) in [5.41, 5.74) is 0. The van der Waals surface area contributed by atoms with Gasteiger partial charge in [0.2, 0.25) is 5.91 Å². The Hall–Kier alpha value is -1.40. The second kappa shape index (κ2) is 62.1. The Balaban J connectivity index is 3.33. The fourth-order valence-electron chi connectivity index (χ4n) is 10.5. The topological polar surface area (TPSA) is 95.9 Å². The molecule has 0 aliphatic carbocycles. The maximum Gasteiger partial charge on any atom is 0.305 e. The lowest BCUT2D eigenvalue weighted by atomic mass is 10.0. The second-order valence-corrected chi connectivity index (χ2v) is 22.8. The molecule has 0 spiro atoms. The van der Waals surface area contributed by atoms with E-state index in [0.29, 0.717) is 25.9 Å². The molecule has 6 heteroatoms. The maximum absolute atomic E-state index is 12.5. The van der Waals surface area contributed by atoms with Crippen LogP contribution in [0.3, 0.4) is 0 Å². The molecule has 0 aromatic carbocycles. The summed E-state index contributed by atoms with van der Waals surface area (Å²) in [7, 11) is 0. The molecule has 0 saturated carbocycles. The zero-order chi connectivity index (χ0) is 52.2. The van der Waals surface area contributed by atoms with Crippen molar-refractivity contribution in [3.63, 3.8) is 0 Å². The molecule has 0 heterocycles. The SMILES string of the molecule is CCCCC/C=C\CCCCCCCC(=O)OCCCCCCCCCCCCCCCCCCCCCCCCCCCCCCC(=O)NC(CO)C(O)CCCCCCCCCCCCCCCCC. The Morgan fingerprint density at radius 2 is 0.653 bits per heavy atom. The monoisotopic (exact) mass is 1020 g/mol. The predicted molar refractivity (Wildman–Crippen MR) is 315 cm³/mol. The van der Waals surface area contributed by atoms with Crippen molar-refractivity contribution in [1.29, 1.82) is 0 Å². The first-order chi connectivity index (χ1) is 35.5. The van der Waals surface area contributed by atoms with Gasteiger partial charge in [0.15, 0.2) is 0 Å². The number of hydrogen-bond donors (Lipinski definition) is 3. The number of hydrogen-bond acceptors (Lipinski definition) is 5. The van der Waals surface area contributed by atoms with Crippen LogP contribution in [0.25, 0.3) is 0 Å². The molecule has 0 saturated heterocycles. The largest absolute Gasteiger partial charge is 0.466 e. The molecule has 72 heavy (non-hydrogen) atoms. The van der Waals surface area contributed by atoms with E-state index >= 15 is 0 Å². The molecule has 2 atom stereocenters. The first kappa shape index (κ1) is 70.6. The van der Waals surface area contributed by atoms with Gasteiger partial charge in [0.25, 0.3) is 0 Å². The number of aliphatic hydroxyl groups is 2. The van der Waals surface area contributed by atoms with Crippen LogP contribution in [0.5, 0.6) is 0 Å². The van der Waals surface area contributed by atoms with Gasteiger partial charge in [0.05, 0.1) is 25.4 Å². The highest BCUT2D eigenvalue weighted by Gasteiger charge is 2.20. The van der Waals surface area contributed by atoms with Gasteiger partial charge in [0, 0.05) is 12.8 Å². The minimum absolute atomic E-state index is 0.00931. The quantitative estimate of drug-likeness (QED) is 0.0320. The summed E-state index contributed by atoms with van der Waals surface area (Å²) in [5.74, 6) is -0.0196. The fourth-order valence-corrected chi connectivity index (χ4v) is 10.5. The van der Waals surface area contributed by atoms with Crippen molar-refractivity contribution in [2.24, 2.45) is 0 Å². The normalized spacial score (nSPS) is 12.6. The second-order valence-electron chi connectivity index (χ2n) is 22.8. The highest BCUT2D eigenvalue weighted by Crippen LogP contribution is 2.19. The lowest BCUT2D eigenvalue weighted by Crippen LogP contribution is -2.45. The molecule has 6 nitrogen and oxygen atoms in total. The van der Waals surface area contributed by atoms with Gasteiger partial charge in [-0.05, 0) is 51.4 Å². The number of esters is 1. The van der Waals surface area contributed by atoms with E-state index in [9.17, 15) is 19.8 Å². The number of amides is 1. The van der Waals surface area contributed by atoms with Gasteiger partial charge in [-0.2, -0.15) is 0 Å². The number of carbonyl (C=O) groups is 2. The molecule has 0 aliphatic heterocycles. The van der Waals surface area contributed by atoms with Gasteiger partial charge < -0.3 is 20.3 Å². The van der Waals surface area contributed by atoms with E-state index in [1.165, 1.54) is 295 Å². The van der Waals surface area contributed by atoms with E-state index in [1.54, 1.807) is 0 Å². The number of rotatable bonds is 62. The van der Waals surface area contributed by atoms with Crippen LogP contribution in [0.2, 0.25) is 0 Å². The summed E-state index contributed by atoms with van der Waals surface area (Å²) in [4.78, 5) is 24.5. The fraction of sp³-hybridized carbons (Fsp3) is 0.939. The Bertz CT molecular complexity index is 1080. The van der Waals surface area contributed by atoms with Crippen LogP contribution in [-0.4, -0.2) is 47.4 Å². The molecular weight excluding hydrogens is 887 g/mol. The Labute approximate surface area is 450 Å². The third-order valence-corrected chi connectivity index (χ3v) is 15.6. The zero-order valence-corrected chi connectivity index (χ0v) is 48.9. The smallest absolute Gasteiger partial charge is 0.305 e. The lowest BCUT2D eigenvalue weighted by molar-refractivity contribution is -0.143. The average molecular weight is 1020 g/mol. The van der Waals surface area contributed by atoms with Crippen LogP contribution in [0, 0.1) is 0 Å². The zero-order valence-electron chi connectivity index (χ0n) is 48.9. The molecule has 0 bridgehead atoms. The third kappa shape index (κ3) is 57.9. The molecule has 0 fully saturated rings. The van der Waals surface area contributed by atoms with E-state index in [4.69, 9.17) is 4.74 Å². The van der Waals surface area contributed by atoms with Crippen LogP contribution < -0.4 is 5.32 Å². The van der Waals surface area contributed by atoms with Crippen LogP contribution in [0.4, 0.5) is 0 Å². The number of aliphatic hydroxyl groups excluding tert-OH is 2. The van der Waals surface area contributed by atoms with Crippen molar-refractivity contribution in [2.75, 3.05) is 13.2 Å². The molecular formula is C66H129NO5. The van der Waals surface area contributed by atoms with Crippen LogP contribution in [0.15, 0.2) is 12.2 Å². The highest BCUT2D eigenvalue weighted by molar-refractivity contribution is 5.76. The van der Waals surface area contributed by atoms with Gasteiger partial charge in [-0.25, -0.2) is 0 Å². The van der Waals surface area contributed by atoms with E-state index in [1.807, 2.05) is 0 Å². The molecule has 0 aromatic rings. The van der Waals surface area contributed by atoms with Crippen LogP contribution in [-0.2, 0) is 14.3 Å². The minimum atomic E-state index is -0.661. The molecule has 0 rings (SSSR count). The maximum atomic E-state index is 12.5. The van der Waals surface area contributed by atoms with Gasteiger partial charge in [0.1, 0.15) is 0 Å². The molecule has 0 radical (unpaired) electrons. The van der Waals surface area contributed by atoms with Crippen molar-refractivity contribution in [3.8, 4) is 0 Å². The van der Waals surface area contributed by atoms with Gasteiger partial charge in [-0.15, -0.1) is 0 Å². The van der Waals surface area contributed by atoms with Crippen molar-refractivity contribution in [2.45, 2.75) is 386 Å². The predicted octanol–water partition coefficient (Wildman–Crippen LogP) is 20.8. The number of allylic oxidation sites excluding steroid dienone is 2. The van der Waals surface area contributed by atoms with E-state index < -0.39 is 12.1 Å². The molecule has 2 unspecified atom stereocenters. The van der Waals surface area contributed by atoms with Crippen molar-refractivity contribution in [1.82, 2.24) is 5.32 Å².